The molecule has 1 N–H and O–H groups in total. The number of aliphatic hydroxyl groups is 1. The molecule has 0 amide bonds. The molecule has 0 radical (unpaired) electrons. The fourth-order valence-corrected chi connectivity index (χ4v) is 2.87. The summed E-state index contributed by atoms with van der Waals surface area (Å²) in [5.41, 5.74) is 0.202. The molecule has 0 aromatic heterocycles. The predicted octanol–water partition coefficient (Wildman–Crippen LogP) is 3.05. The lowest BCUT2D eigenvalue weighted by atomic mass is 9.78. The molecule has 0 aromatic carbocycles. The highest BCUT2D eigenvalue weighted by molar-refractivity contribution is 4.90. The second kappa shape index (κ2) is 5.50. The smallest absolute Gasteiger partial charge is 0.0555 e. The molecule has 0 aromatic rings. The van der Waals surface area contributed by atoms with Gasteiger partial charge in [-0.3, -0.25) is 4.90 Å². The van der Waals surface area contributed by atoms with E-state index in [4.69, 9.17) is 0 Å². The van der Waals surface area contributed by atoms with Crippen molar-refractivity contribution in [3.05, 3.63) is 0 Å². The van der Waals surface area contributed by atoms with Gasteiger partial charge in [0.05, 0.1) is 6.10 Å². The molecule has 1 fully saturated rings. The summed E-state index contributed by atoms with van der Waals surface area (Å²) in [6, 6.07) is 0.559. The quantitative estimate of drug-likeness (QED) is 0.801. The van der Waals surface area contributed by atoms with E-state index in [0.29, 0.717) is 6.04 Å². The maximum atomic E-state index is 9.85. The van der Waals surface area contributed by atoms with E-state index in [0.717, 1.165) is 18.8 Å². The van der Waals surface area contributed by atoms with Crippen molar-refractivity contribution in [3.8, 4) is 0 Å². The van der Waals surface area contributed by atoms with Crippen LogP contribution in [0.2, 0.25) is 0 Å². The molecule has 3 unspecified atom stereocenters. The van der Waals surface area contributed by atoms with Crippen molar-refractivity contribution in [1.29, 1.82) is 0 Å². The van der Waals surface area contributed by atoms with Gasteiger partial charge in [-0.15, -0.1) is 0 Å². The fraction of sp³-hybridized carbons (Fsp3) is 1.00. The third kappa shape index (κ3) is 3.46. The number of hydrogen-bond acceptors (Lipinski definition) is 2. The van der Waals surface area contributed by atoms with Crippen LogP contribution in [-0.2, 0) is 0 Å². The average Bonchev–Trinajstić information content (AvgIpc) is 2.18. The maximum Gasteiger partial charge on any atom is 0.0555 e. The molecular formula is C14H29NO. The number of rotatable bonds is 3. The van der Waals surface area contributed by atoms with Gasteiger partial charge in [0, 0.05) is 11.6 Å². The van der Waals surface area contributed by atoms with Gasteiger partial charge >= 0.3 is 0 Å². The molecule has 0 bridgehead atoms. The first-order valence-electron chi connectivity index (χ1n) is 6.77. The molecule has 0 spiro atoms. The van der Waals surface area contributed by atoms with E-state index >= 15 is 0 Å². The van der Waals surface area contributed by atoms with Crippen LogP contribution in [0.5, 0.6) is 0 Å². The predicted molar refractivity (Wildman–Crippen MR) is 69.6 cm³/mol. The van der Waals surface area contributed by atoms with Crippen molar-refractivity contribution < 1.29 is 5.11 Å². The van der Waals surface area contributed by atoms with E-state index in [1.807, 2.05) is 0 Å². The Morgan fingerprint density at radius 2 is 1.88 bits per heavy atom. The summed E-state index contributed by atoms with van der Waals surface area (Å²) >= 11 is 0. The summed E-state index contributed by atoms with van der Waals surface area (Å²) in [6.45, 7) is 9.05. The maximum absolute atomic E-state index is 9.85. The molecule has 1 aliphatic carbocycles. The molecule has 1 rings (SSSR count). The van der Waals surface area contributed by atoms with E-state index in [2.05, 4.69) is 39.6 Å². The number of nitrogens with zero attached hydrogens (tertiary/aromatic N) is 1. The summed E-state index contributed by atoms with van der Waals surface area (Å²) in [6.07, 6.45) is 5.63. The van der Waals surface area contributed by atoms with E-state index < -0.39 is 0 Å². The topological polar surface area (TPSA) is 23.5 Å². The molecule has 3 atom stereocenters. The molecule has 96 valence electrons. The van der Waals surface area contributed by atoms with E-state index in [9.17, 15) is 5.11 Å². The van der Waals surface area contributed by atoms with Crippen LogP contribution in [0, 0.1) is 5.92 Å². The van der Waals surface area contributed by atoms with E-state index in [1.165, 1.54) is 19.3 Å². The standard InChI is InChI=1S/C14H29NO/c1-6-7-11-8-9-12(16)10-13(11)15(5)14(2,3)4/h11-13,16H,6-10H2,1-5H3. The Balaban J connectivity index is 2.70. The van der Waals surface area contributed by atoms with Crippen LogP contribution in [0.25, 0.3) is 0 Å². The SMILES string of the molecule is CCCC1CCC(O)CC1N(C)C(C)(C)C. The second-order valence-corrected chi connectivity index (χ2v) is 6.36. The largest absolute Gasteiger partial charge is 0.393 e. The van der Waals surface area contributed by atoms with Crippen LogP contribution in [0.1, 0.15) is 59.8 Å². The lowest BCUT2D eigenvalue weighted by Crippen LogP contribution is -2.51. The summed E-state index contributed by atoms with van der Waals surface area (Å²) in [5, 5.41) is 9.85. The van der Waals surface area contributed by atoms with Crippen molar-refractivity contribution in [1.82, 2.24) is 4.90 Å². The first kappa shape index (κ1) is 14.0. The minimum Gasteiger partial charge on any atom is -0.393 e. The highest BCUT2D eigenvalue weighted by atomic mass is 16.3. The van der Waals surface area contributed by atoms with E-state index in [1.54, 1.807) is 0 Å². The summed E-state index contributed by atoms with van der Waals surface area (Å²) in [5.74, 6) is 0.776. The van der Waals surface area contributed by atoms with Gasteiger partial charge in [0.2, 0.25) is 0 Å². The van der Waals surface area contributed by atoms with Crippen LogP contribution in [0.3, 0.4) is 0 Å². The Kier molecular flexibility index (Phi) is 4.81. The molecule has 0 aliphatic heterocycles. The van der Waals surface area contributed by atoms with Gasteiger partial charge < -0.3 is 5.11 Å². The van der Waals surface area contributed by atoms with Gasteiger partial charge in [-0.25, -0.2) is 0 Å². The third-order valence-corrected chi connectivity index (χ3v) is 4.14. The van der Waals surface area contributed by atoms with Gasteiger partial charge in [0.15, 0.2) is 0 Å². The molecule has 0 saturated heterocycles. The molecule has 1 saturated carbocycles. The van der Waals surface area contributed by atoms with Crippen molar-refractivity contribution in [2.75, 3.05) is 7.05 Å². The summed E-state index contributed by atoms with van der Waals surface area (Å²) < 4.78 is 0. The van der Waals surface area contributed by atoms with E-state index in [-0.39, 0.29) is 11.6 Å². The van der Waals surface area contributed by atoms with Gasteiger partial charge in [-0.2, -0.15) is 0 Å². The molecule has 0 heterocycles. The van der Waals surface area contributed by atoms with Crippen molar-refractivity contribution in [3.63, 3.8) is 0 Å². The Morgan fingerprint density at radius 3 is 2.38 bits per heavy atom. The van der Waals surface area contributed by atoms with Gasteiger partial charge in [-0.1, -0.05) is 13.3 Å². The second-order valence-electron chi connectivity index (χ2n) is 6.36. The van der Waals surface area contributed by atoms with Crippen molar-refractivity contribution in [2.24, 2.45) is 5.92 Å². The van der Waals surface area contributed by atoms with Crippen LogP contribution in [-0.4, -0.2) is 34.7 Å². The van der Waals surface area contributed by atoms with Crippen LogP contribution in [0.4, 0.5) is 0 Å². The zero-order valence-electron chi connectivity index (χ0n) is 11.7. The normalized spacial score (nSPS) is 32.1. The average molecular weight is 227 g/mol. The summed E-state index contributed by atoms with van der Waals surface area (Å²) in [4.78, 5) is 2.47. The zero-order valence-corrected chi connectivity index (χ0v) is 11.7. The zero-order chi connectivity index (χ0) is 12.3. The highest BCUT2D eigenvalue weighted by Crippen LogP contribution is 2.34. The lowest BCUT2D eigenvalue weighted by molar-refractivity contribution is -0.00122. The molecular weight excluding hydrogens is 198 g/mol. The Hall–Kier alpha value is -0.0800. The van der Waals surface area contributed by atoms with Crippen LogP contribution < -0.4 is 0 Å². The third-order valence-electron chi connectivity index (χ3n) is 4.14. The summed E-state index contributed by atoms with van der Waals surface area (Å²) in [7, 11) is 2.21. The van der Waals surface area contributed by atoms with Crippen molar-refractivity contribution in [2.45, 2.75) is 77.5 Å². The Morgan fingerprint density at radius 1 is 1.25 bits per heavy atom. The molecule has 16 heavy (non-hydrogen) atoms. The minimum atomic E-state index is -0.0806. The Bertz CT molecular complexity index is 209. The monoisotopic (exact) mass is 227 g/mol. The minimum absolute atomic E-state index is 0.0806. The first-order valence-corrected chi connectivity index (χ1v) is 6.77. The van der Waals surface area contributed by atoms with Gasteiger partial charge in [0.25, 0.3) is 0 Å². The molecule has 2 heteroatoms. The number of hydrogen-bond donors (Lipinski definition) is 1. The van der Waals surface area contributed by atoms with Gasteiger partial charge in [-0.05, 0) is 59.4 Å². The first-order chi connectivity index (χ1) is 7.36. The highest BCUT2D eigenvalue weighted by Gasteiger charge is 2.35. The van der Waals surface area contributed by atoms with Crippen LogP contribution in [0.15, 0.2) is 0 Å². The Labute approximate surface area is 101 Å². The van der Waals surface area contributed by atoms with Gasteiger partial charge in [0.1, 0.15) is 0 Å². The molecule has 2 nitrogen and oxygen atoms in total. The molecule has 1 aliphatic rings. The fourth-order valence-electron chi connectivity index (χ4n) is 2.87. The van der Waals surface area contributed by atoms with Crippen molar-refractivity contribution >= 4 is 0 Å². The van der Waals surface area contributed by atoms with Crippen LogP contribution >= 0.6 is 0 Å². The lowest BCUT2D eigenvalue weighted by Gasteiger charge is -2.46. The number of aliphatic hydroxyl groups excluding tert-OH is 1.